The molecule has 150 valence electrons. The fourth-order valence-corrected chi connectivity index (χ4v) is 3.74. The van der Waals surface area contributed by atoms with Crippen LogP contribution in [0.5, 0.6) is 0 Å². The largest absolute Gasteiger partial charge is 0.434 e. The number of hydrogen-bond acceptors (Lipinski definition) is 4. The SMILES string of the molecule is C=C(NCC1CCCC1)c1cnc(Nc2cc(Cl)cc(Cl)c2)nc1C(F)(F)F. The van der Waals surface area contributed by atoms with E-state index in [-0.39, 0.29) is 17.2 Å². The first-order chi connectivity index (χ1) is 13.2. The van der Waals surface area contributed by atoms with Crippen LogP contribution in [0.2, 0.25) is 10.0 Å². The summed E-state index contributed by atoms with van der Waals surface area (Å²) in [7, 11) is 0. The Morgan fingerprint density at radius 3 is 2.39 bits per heavy atom. The van der Waals surface area contributed by atoms with Gasteiger partial charge in [0.2, 0.25) is 5.95 Å². The van der Waals surface area contributed by atoms with Gasteiger partial charge in [0, 0.05) is 39.7 Å². The lowest BCUT2D eigenvalue weighted by Gasteiger charge is -2.18. The van der Waals surface area contributed by atoms with E-state index in [1.165, 1.54) is 18.2 Å². The van der Waals surface area contributed by atoms with Gasteiger partial charge in [-0.05, 0) is 37.0 Å². The van der Waals surface area contributed by atoms with Gasteiger partial charge in [-0.2, -0.15) is 13.2 Å². The minimum Gasteiger partial charge on any atom is -0.385 e. The molecule has 0 aliphatic heterocycles. The second-order valence-electron chi connectivity index (χ2n) is 6.75. The third-order valence-corrected chi connectivity index (χ3v) is 5.02. The number of anilines is 2. The van der Waals surface area contributed by atoms with E-state index >= 15 is 0 Å². The lowest BCUT2D eigenvalue weighted by Crippen LogP contribution is -2.22. The highest BCUT2D eigenvalue weighted by Gasteiger charge is 2.37. The summed E-state index contributed by atoms with van der Waals surface area (Å²) in [5, 5.41) is 6.39. The summed E-state index contributed by atoms with van der Waals surface area (Å²) in [4.78, 5) is 7.66. The van der Waals surface area contributed by atoms with Crippen LogP contribution in [0.15, 0.2) is 31.0 Å². The number of alkyl halides is 3. The van der Waals surface area contributed by atoms with Gasteiger partial charge in [0.15, 0.2) is 5.69 Å². The summed E-state index contributed by atoms with van der Waals surface area (Å²) >= 11 is 11.8. The number of nitrogens with zero attached hydrogens (tertiary/aromatic N) is 2. The first-order valence-electron chi connectivity index (χ1n) is 8.83. The highest BCUT2D eigenvalue weighted by atomic mass is 35.5. The van der Waals surface area contributed by atoms with Gasteiger partial charge in [0.05, 0.1) is 0 Å². The first kappa shape index (κ1) is 20.7. The Morgan fingerprint density at radius 1 is 1.14 bits per heavy atom. The van der Waals surface area contributed by atoms with Gasteiger partial charge in [0.1, 0.15) is 0 Å². The topological polar surface area (TPSA) is 49.8 Å². The molecule has 4 nitrogen and oxygen atoms in total. The van der Waals surface area contributed by atoms with Crippen molar-refractivity contribution in [1.82, 2.24) is 15.3 Å². The molecule has 1 aromatic heterocycles. The van der Waals surface area contributed by atoms with E-state index in [2.05, 4.69) is 27.2 Å². The molecule has 0 saturated heterocycles. The maximum Gasteiger partial charge on any atom is 0.434 e. The highest BCUT2D eigenvalue weighted by Crippen LogP contribution is 2.34. The number of hydrogen-bond donors (Lipinski definition) is 2. The Kier molecular flexibility index (Phi) is 6.35. The molecule has 1 saturated carbocycles. The molecule has 0 unspecified atom stereocenters. The zero-order valence-corrected chi connectivity index (χ0v) is 16.4. The highest BCUT2D eigenvalue weighted by molar-refractivity contribution is 6.35. The van der Waals surface area contributed by atoms with Crippen LogP contribution in [-0.4, -0.2) is 16.5 Å². The number of benzene rings is 1. The molecule has 28 heavy (non-hydrogen) atoms. The van der Waals surface area contributed by atoms with E-state index in [0.29, 0.717) is 28.2 Å². The fraction of sp³-hybridized carbons (Fsp3) is 0.368. The van der Waals surface area contributed by atoms with Crippen molar-refractivity contribution in [2.45, 2.75) is 31.9 Å². The Labute approximate surface area is 171 Å². The fourth-order valence-electron chi connectivity index (χ4n) is 3.21. The second-order valence-corrected chi connectivity index (χ2v) is 7.62. The van der Waals surface area contributed by atoms with E-state index in [1.807, 2.05) is 0 Å². The quantitative estimate of drug-likeness (QED) is 0.564. The molecule has 1 aliphatic rings. The van der Waals surface area contributed by atoms with Gasteiger partial charge < -0.3 is 10.6 Å². The summed E-state index contributed by atoms with van der Waals surface area (Å²) in [6, 6.07) is 4.54. The van der Waals surface area contributed by atoms with Gasteiger partial charge in [-0.25, -0.2) is 9.97 Å². The molecular weight excluding hydrogens is 412 g/mol. The Hall–Kier alpha value is -1.99. The van der Waals surface area contributed by atoms with Gasteiger partial charge in [-0.1, -0.05) is 42.6 Å². The minimum absolute atomic E-state index is 0.163. The molecule has 1 heterocycles. The molecule has 2 aromatic rings. The summed E-state index contributed by atoms with van der Waals surface area (Å²) in [6.07, 6.45) is 0.933. The molecule has 9 heteroatoms. The number of nitrogens with one attached hydrogen (secondary N) is 2. The molecule has 1 aliphatic carbocycles. The average molecular weight is 431 g/mol. The maximum absolute atomic E-state index is 13.6. The van der Waals surface area contributed by atoms with Crippen molar-refractivity contribution in [3.05, 3.63) is 52.3 Å². The zero-order chi connectivity index (χ0) is 20.3. The van der Waals surface area contributed by atoms with Crippen LogP contribution in [0.25, 0.3) is 5.70 Å². The molecule has 0 atom stereocenters. The van der Waals surface area contributed by atoms with E-state index in [1.54, 1.807) is 0 Å². The van der Waals surface area contributed by atoms with Gasteiger partial charge >= 0.3 is 6.18 Å². The van der Waals surface area contributed by atoms with Crippen LogP contribution in [0.1, 0.15) is 36.9 Å². The standard InChI is InChI=1S/C19H19Cl2F3N4/c1-11(25-9-12-4-2-3-5-12)16-10-26-18(28-17(16)19(22,23)24)27-15-7-13(20)6-14(21)8-15/h6-8,10,12,25H,1-5,9H2,(H,26,27,28). The van der Waals surface area contributed by atoms with Crippen molar-refractivity contribution in [2.24, 2.45) is 5.92 Å². The minimum atomic E-state index is -4.65. The van der Waals surface area contributed by atoms with Gasteiger partial charge in [-0.15, -0.1) is 0 Å². The summed E-state index contributed by atoms with van der Waals surface area (Å²) in [6.45, 7) is 4.34. The molecule has 1 fully saturated rings. The Balaban J connectivity index is 1.81. The Morgan fingerprint density at radius 2 is 1.79 bits per heavy atom. The molecule has 0 amide bonds. The average Bonchev–Trinajstić information content (AvgIpc) is 3.11. The number of halogens is 5. The van der Waals surface area contributed by atoms with Crippen molar-refractivity contribution in [3.8, 4) is 0 Å². The lowest BCUT2D eigenvalue weighted by molar-refractivity contribution is -0.141. The van der Waals surface area contributed by atoms with E-state index in [0.717, 1.165) is 31.9 Å². The van der Waals surface area contributed by atoms with Crippen LogP contribution in [0, 0.1) is 5.92 Å². The van der Waals surface area contributed by atoms with Crippen LogP contribution < -0.4 is 10.6 Å². The van der Waals surface area contributed by atoms with Crippen molar-refractivity contribution in [2.75, 3.05) is 11.9 Å². The summed E-state index contributed by atoms with van der Waals surface area (Å²) in [5.74, 6) is 0.249. The van der Waals surface area contributed by atoms with Crippen LogP contribution in [-0.2, 0) is 6.18 Å². The lowest BCUT2D eigenvalue weighted by atomic mass is 10.1. The molecule has 3 rings (SSSR count). The van der Waals surface area contributed by atoms with Crippen LogP contribution in [0.3, 0.4) is 0 Å². The molecule has 1 aromatic carbocycles. The first-order valence-corrected chi connectivity index (χ1v) is 9.58. The van der Waals surface area contributed by atoms with E-state index in [4.69, 9.17) is 23.2 Å². The van der Waals surface area contributed by atoms with Crippen molar-refractivity contribution in [3.63, 3.8) is 0 Å². The molecular formula is C19H19Cl2F3N4. The van der Waals surface area contributed by atoms with Gasteiger partial charge in [-0.3, -0.25) is 0 Å². The van der Waals surface area contributed by atoms with Crippen LogP contribution in [0.4, 0.5) is 24.8 Å². The third-order valence-electron chi connectivity index (χ3n) is 4.58. The molecule has 2 N–H and O–H groups in total. The number of rotatable bonds is 6. The Bertz CT molecular complexity index is 844. The van der Waals surface area contributed by atoms with E-state index in [9.17, 15) is 13.2 Å². The zero-order valence-electron chi connectivity index (χ0n) is 14.9. The maximum atomic E-state index is 13.6. The molecule has 0 radical (unpaired) electrons. The van der Waals surface area contributed by atoms with Crippen molar-refractivity contribution < 1.29 is 13.2 Å². The normalized spacial score (nSPS) is 14.9. The predicted molar refractivity (Wildman–Crippen MR) is 106 cm³/mol. The second kappa shape index (κ2) is 8.57. The van der Waals surface area contributed by atoms with E-state index < -0.39 is 11.9 Å². The molecule has 0 spiro atoms. The molecule has 0 bridgehead atoms. The summed E-state index contributed by atoms with van der Waals surface area (Å²) < 4.78 is 40.7. The predicted octanol–water partition coefficient (Wildman–Crippen LogP) is 6.30. The third kappa shape index (κ3) is 5.29. The van der Waals surface area contributed by atoms with Gasteiger partial charge in [0.25, 0.3) is 0 Å². The van der Waals surface area contributed by atoms with Crippen molar-refractivity contribution >= 4 is 40.5 Å². The van der Waals surface area contributed by atoms with Crippen LogP contribution >= 0.6 is 23.2 Å². The number of aromatic nitrogens is 2. The monoisotopic (exact) mass is 430 g/mol. The smallest absolute Gasteiger partial charge is 0.385 e. The summed E-state index contributed by atoms with van der Waals surface area (Å²) in [5.41, 5.74) is -0.671. The van der Waals surface area contributed by atoms with Crippen molar-refractivity contribution in [1.29, 1.82) is 0 Å².